The van der Waals surface area contributed by atoms with Crippen molar-refractivity contribution in [2.24, 2.45) is 0 Å². The number of rotatable bonds is 5. The van der Waals surface area contributed by atoms with Gasteiger partial charge in [-0.1, -0.05) is 5.16 Å². The molecule has 0 aliphatic carbocycles. The molecular formula is C11H16N6O2. The van der Waals surface area contributed by atoms with Crippen molar-refractivity contribution in [2.45, 2.75) is 33.4 Å². The lowest BCUT2D eigenvalue weighted by Gasteiger charge is -2.12. The van der Waals surface area contributed by atoms with Gasteiger partial charge in [-0.25, -0.2) is 4.98 Å². The Morgan fingerprint density at radius 2 is 2.21 bits per heavy atom. The first-order chi connectivity index (χ1) is 9.06. The van der Waals surface area contributed by atoms with Crippen molar-refractivity contribution in [2.75, 3.05) is 11.1 Å². The number of hydrogen-bond acceptors (Lipinski definition) is 8. The smallest absolute Gasteiger partial charge is 0.242 e. The Morgan fingerprint density at radius 3 is 2.84 bits per heavy atom. The molecule has 0 aliphatic heterocycles. The van der Waals surface area contributed by atoms with Crippen LogP contribution in [0.15, 0.2) is 10.9 Å². The Kier molecular flexibility index (Phi) is 3.79. The molecule has 8 heteroatoms. The van der Waals surface area contributed by atoms with E-state index in [0.717, 1.165) is 0 Å². The molecule has 0 saturated heterocycles. The topological polar surface area (TPSA) is 112 Å². The summed E-state index contributed by atoms with van der Waals surface area (Å²) in [6.45, 7) is 5.89. The Labute approximate surface area is 110 Å². The Balaban J connectivity index is 2.08. The van der Waals surface area contributed by atoms with Crippen LogP contribution in [0.4, 0.5) is 11.5 Å². The van der Waals surface area contributed by atoms with Gasteiger partial charge in [-0.2, -0.15) is 9.97 Å². The zero-order valence-corrected chi connectivity index (χ0v) is 11.0. The van der Waals surface area contributed by atoms with Crippen LogP contribution < -0.4 is 15.8 Å². The van der Waals surface area contributed by atoms with Gasteiger partial charge in [-0.05, 0) is 13.8 Å². The van der Waals surface area contributed by atoms with Gasteiger partial charge < -0.3 is 20.3 Å². The van der Waals surface area contributed by atoms with Crippen LogP contribution in [-0.2, 0) is 6.54 Å². The minimum absolute atomic E-state index is 0.00935. The van der Waals surface area contributed by atoms with Crippen LogP contribution in [0.25, 0.3) is 0 Å². The van der Waals surface area contributed by atoms with Crippen molar-refractivity contribution < 1.29 is 9.26 Å². The van der Waals surface area contributed by atoms with Crippen LogP contribution in [0.2, 0.25) is 0 Å². The van der Waals surface area contributed by atoms with E-state index in [2.05, 4.69) is 25.4 Å². The summed E-state index contributed by atoms with van der Waals surface area (Å²) in [5.41, 5.74) is 6.28. The third kappa shape index (κ3) is 3.30. The van der Waals surface area contributed by atoms with E-state index in [9.17, 15) is 0 Å². The molecule has 0 aromatic carbocycles. The molecule has 0 bridgehead atoms. The van der Waals surface area contributed by atoms with Gasteiger partial charge in [0.2, 0.25) is 11.8 Å². The van der Waals surface area contributed by atoms with Crippen molar-refractivity contribution in [3.63, 3.8) is 0 Å². The lowest BCUT2D eigenvalue weighted by molar-refractivity contribution is 0.234. The summed E-state index contributed by atoms with van der Waals surface area (Å²) in [6, 6.07) is 0. The highest BCUT2D eigenvalue weighted by Gasteiger charge is 2.11. The van der Waals surface area contributed by atoms with Crippen molar-refractivity contribution in [3.05, 3.63) is 18.0 Å². The van der Waals surface area contributed by atoms with Crippen molar-refractivity contribution in [1.29, 1.82) is 0 Å². The SMILES string of the molecule is Cc1nc(CNc2ncnc(OC(C)C)c2N)no1. The summed E-state index contributed by atoms with van der Waals surface area (Å²) < 4.78 is 10.3. The largest absolute Gasteiger partial charge is 0.473 e. The fraction of sp³-hybridized carbons (Fsp3) is 0.455. The first-order valence-electron chi connectivity index (χ1n) is 5.86. The maximum atomic E-state index is 5.92. The standard InChI is InChI=1S/C11H16N6O2/c1-6(2)18-11-9(12)10(14-5-15-11)13-4-8-16-7(3)19-17-8/h5-6H,4,12H2,1-3H3,(H,13,14,15). The van der Waals surface area contributed by atoms with E-state index in [1.54, 1.807) is 6.92 Å². The summed E-state index contributed by atoms with van der Waals surface area (Å²) in [5.74, 6) is 1.88. The van der Waals surface area contributed by atoms with Crippen LogP contribution >= 0.6 is 0 Å². The van der Waals surface area contributed by atoms with Crippen molar-refractivity contribution >= 4 is 11.5 Å². The lowest BCUT2D eigenvalue weighted by Crippen LogP contribution is -2.12. The van der Waals surface area contributed by atoms with E-state index in [4.69, 9.17) is 15.0 Å². The van der Waals surface area contributed by atoms with Crippen LogP contribution in [0.5, 0.6) is 5.88 Å². The fourth-order valence-corrected chi connectivity index (χ4v) is 1.41. The molecule has 0 fully saturated rings. The van der Waals surface area contributed by atoms with Gasteiger partial charge in [-0.3, -0.25) is 0 Å². The highest BCUT2D eigenvalue weighted by molar-refractivity contribution is 5.66. The van der Waals surface area contributed by atoms with Gasteiger partial charge in [0.05, 0.1) is 12.6 Å². The van der Waals surface area contributed by atoms with Gasteiger partial charge in [0.1, 0.15) is 12.0 Å². The first-order valence-corrected chi connectivity index (χ1v) is 5.86. The number of anilines is 2. The second-order valence-corrected chi connectivity index (χ2v) is 4.19. The molecule has 0 saturated carbocycles. The van der Waals surface area contributed by atoms with Crippen molar-refractivity contribution in [1.82, 2.24) is 20.1 Å². The summed E-state index contributed by atoms with van der Waals surface area (Å²) in [6.07, 6.45) is 1.38. The van der Waals surface area contributed by atoms with Crippen LogP contribution in [0.3, 0.4) is 0 Å². The van der Waals surface area contributed by atoms with Gasteiger partial charge in [0.25, 0.3) is 0 Å². The minimum atomic E-state index is -0.00935. The predicted octanol–water partition coefficient (Wildman–Crippen LogP) is 1.15. The Hall–Kier alpha value is -2.38. The third-order valence-corrected chi connectivity index (χ3v) is 2.18. The van der Waals surface area contributed by atoms with Gasteiger partial charge >= 0.3 is 0 Å². The molecule has 2 aromatic heterocycles. The quantitative estimate of drug-likeness (QED) is 0.827. The van der Waals surface area contributed by atoms with E-state index < -0.39 is 0 Å². The molecule has 2 heterocycles. The van der Waals surface area contributed by atoms with Gasteiger partial charge in [0, 0.05) is 6.92 Å². The summed E-state index contributed by atoms with van der Waals surface area (Å²) >= 11 is 0. The number of nitrogens with one attached hydrogen (secondary N) is 1. The van der Waals surface area contributed by atoms with Crippen LogP contribution in [0.1, 0.15) is 25.6 Å². The normalized spacial score (nSPS) is 10.7. The van der Waals surface area contributed by atoms with Gasteiger partial charge in [-0.15, -0.1) is 0 Å². The molecule has 0 spiro atoms. The maximum Gasteiger partial charge on any atom is 0.242 e. The lowest BCUT2D eigenvalue weighted by atomic mass is 10.4. The zero-order valence-electron chi connectivity index (χ0n) is 11.0. The fourth-order valence-electron chi connectivity index (χ4n) is 1.41. The van der Waals surface area contributed by atoms with Gasteiger partial charge in [0.15, 0.2) is 11.6 Å². The second-order valence-electron chi connectivity index (χ2n) is 4.19. The molecule has 2 aromatic rings. The van der Waals surface area contributed by atoms with Crippen LogP contribution in [-0.4, -0.2) is 26.2 Å². The summed E-state index contributed by atoms with van der Waals surface area (Å²) in [7, 11) is 0. The zero-order chi connectivity index (χ0) is 13.8. The maximum absolute atomic E-state index is 5.92. The molecule has 0 aliphatic rings. The average molecular weight is 264 g/mol. The molecule has 2 rings (SSSR count). The average Bonchev–Trinajstić information content (AvgIpc) is 2.76. The molecule has 19 heavy (non-hydrogen) atoms. The highest BCUT2D eigenvalue weighted by atomic mass is 16.5. The minimum Gasteiger partial charge on any atom is -0.473 e. The highest BCUT2D eigenvalue weighted by Crippen LogP contribution is 2.25. The molecule has 8 nitrogen and oxygen atoms in total. The summed E-state index contributed by atoms with van der Waals surface area (Å²) in [4.78, 5) is 12.1. The number of hydrogen-bond donors (Lipinski definition) is 2. The summed E-state index contributed by atoms with van der Waals surface area (Å²) in [5, 5.41) is 6.78. The van der Waals surface area contributed by atoms with E-state index in [1.807, 2.05) is 13.8 Å². The number of aromatic nitrogens is 4. The van der Waals surface area contributed by atoms with E-state index in [0.29, 0.717) is 35.6 Å². The van der Waals surface area contributed by atoms with E-state index >= 15 is 0 Å². The number of nitrogens with two attached hydrogens (primary N) is 1. The predicted molar refractivity (Wildman–Crippen MR) is 68.6 cm³/mol. The van der Waals surface area contributed by atoms with Crippen LogP contribution in [0, 0.1) is 6.92 Å². The first kappa shape index (κ1) is 13.1. The monoisotopic (exact) mass is 264 g/mol. The molecular weight excluding hydrogens is 248 g/mol. The molecule has 0 amide bonds. The van der Waals surface area contributed by atoms with Crippen molar-refractivity contribution in [3.8, 4) is 5.88 Å². The molecule has 0 radical (unpaired) electrons. The van der Waals surface area contributed by atoms with E-state index in [-0.39, 0.29) is 6.10 Å². The number of aryl methyl sites for hydroxylation is 1. The Bertz CT molecular complexity index is 554. The molecule has 0 atom stereocenters. The third-order valence-electron chi connectivity index (χ3n) is 2.18. The second kappa shape index (κ2) is 5.51. The number of nitrogens with zero attached hydrogens (tertiary/aromatic N) is 4. The number of nitrogen functional groups attached to an aromatic ring is 1. The van der Waals surface area contributed by atoms with E-state index in [1.165, 1.54) is 6.33 Å². The molecule has 3 N–H and O–H groups in total. The molecule has 102 valence electrons. The Morgan fingerprint density at radius 1 is 1.42 bits per heavy atom. The number of ether oxygens (including phenoxy) is 1. The molecule has 0 unspecified atom stereocenters.